The Labute approximate surface area is 190 Å². The summed E-state index contributed by atoms with van der Waals surface area (Å²) in [6.45, 7) is 13.9. The molecule has 4 aliphatic carbocycles. The molecule has 4 aliphatic rings. The van der Waals surface area contributed by atoms with Crippen LogP contribution in [0.3, 0.4) is 0 Å². The highest BCUT2D eigenvalue weighted by molar-refractivity contribution is 5.94. The normalized spacial score (nSPS) is 45.4. The summed E-state index contributed by atoms with van der Waals surface area (Å²) < 4.78 is 0. The highest BCUT2D eigenvalue weighted by atomic mass is 16.3. The molecule has 2 N–H and O–H groups in total. The molecule has 3 nitrogen and oxygen atoms in total. The third-order valence-corrected chi connectivity index (χ3v) is 11.0. The zero-order valence-electron chi connectivity index (χ0n) is 20.7. The molecule has 3 saturated carbocycles. The first-order chi connectivity index (χ1) is 14.5. The first-order valence-electron chi connectivity index (χ1n) is 13.1. The van der Waals surface area contributed by atoms with Gasteiger partial charge >= 0.3 is 0 Å². The van der Waals surface area contributed by atoms with Crippen molar-refractivity contribution in [3.63, 3.8) is 0 Å². The van der Waals surface area contributed by atoms with Crippen LogP contribution in [0.2, 0.25) is 0 Å². The summed E-state index contributed by atoms with van der Waals surface area (Å²) in [5.74, 6) is 3.29. The summed E-state index contributed by atoms with van der Waals surface area (Å²) in [6.07, 6.45) is 9.46. The molecule has 0 radical (unpaired) electrons. The van der Waals surface area contributed by atoms with E-state index in [9.17, 15) is 15.0 Å². The van der Waals surface area contributed by atoms with E-state index in [4.69, 9.17) is 0 Å². The second kappa shape index (κ2) is 8.28. The van der Waals surface area contributed by atoms with Crippen molar-refractivity contribution < 1.29 is 15.0 Å². The number of fused-ring (bicyclic) bond motifs is 5. The van der Waals surface area contributed by atoms with E-state index in [-0.39, 0.29) is 34.9 Å². The van der Waals surface area contributed by atoms with Crippen LogP contribution >= 0.6 is 0 Å². The number of carbonyl (C=O) groups excluding carboxylic acids is 1. The quantitative estimate of drug-likeness (QED) is 0.581. The Bertz CT molecular complexity index is 726. The maximum atomic E-state index is 13.4. The van der Waals surface area contributed by atoms with E-state index in [1.165, 1.54) is 12.0 Å². The van der Waals surface area contributed by atoms with Gasteiger partial charge in [-0.1, -0.05) is 47.1 Å². The van der Waals surface area contributed by atoms with E-state index in [0.717, 1.165) is 38.5 Å². The van der Waals surface area contributed by atoms with E-state index in [2.05, 4.69) is 41.5 Å². The average molecular weight is 431 g/mol. The summed E-state index contributed by atoms with van der Waals surface area (Å²) in [5.41, 5.74) is 1.48. The van der Waals surface area contributed by atoms with E-state index in [1.54, 1.807) is 0 Å². The Hall–Kier alpha value is -0.670. The van der Waals surface area contributed by atoms with Gasteiger partial charge < -0.3 is 10.2 Å². The van der Waals surface area contributed by atoms with Gasteiger partial charge in [0.25, 0.3) is 0 Å². The maximum absolute atomic E-state index is 13.4. The second-order valence-corrected chi connectivity index (χ2v) is 12.7. The van der Waals surface area contributed by atoms with Crippen LogP contribution in [0.25, 0.3) is 0 Å². The van der Waals surface area contributed by atoms with Gasteiger partial charge in [0.1, 0.15) is 0 Å². The third-order valence-electron chi connectivity index (χ3n) is 11.0. The average Bonchev–Trinajstić information content (AvgIpc) is 3.05. The largest absolute Gasteiger partial charge is 0.393 e. The predicted molar refractivity (Wildman–Crippen MR) is 125 cm³/mol. The topological polar surface area (TPSA) is 57.5 Å². The van der Waals surface area contributed by atoms with Gasteiger partial charge in [0.15, 0.2) is 5.78 Å². The zero-order valence-corrected chi connectivity index (χ0v) is 20.7. The molecule has 3 fully saturated rings. The Morgan fingerprint density at radius 1 is 1.03 bits per heavy atom. The molecular weight excluding hydrogens is 384 g/mol. The number of aliphatic hydroxyl groups excluding tert-OH is 2. The molecule has 0 amide bonds. The van der Waals surface area contributed by atoms with E-state index < -0.39 is 0 Å². The van der Waals surface area contributed by atoms with Crippen LogP contribution in [0.4, 0.5) is 0 Å². The fourth-order valence-corrected chi connectivity index (χ4v) is 8.42. The van der Waals surface area contributed by atoms with Crippen molar-refractivity contribution in [2.45, 2.75) is 105 Å². The molecule has 0 aromatic heterocycles. The summed E-state index contributed by atoms with van der Waals surface area (Å²) in [6, 6.07) is 0. The minimum absolute atomic E-state index is 0.0923. The van der Waals surface area contributed by atoms with Gasteiger partial charge in [-0.25, -0.2) is 0 Å². The van der Waals surface area contributed by atoms with Gasteiger partial charge in [0, 0.05) is 5.92 Å². The first kappa shape index (κ1) is 23.5. The molecule has 0 aromatic rings. The van der Waals surface area contributed by atoms with Crippen molar-refractivity contribution in [1.29, 1.82) is 0 Å². The molecule has 10 atom stereocenters. The number of rotatable bonds is 5. The van der Waals surface area contributed by atoms with Crippen molar-refractivity contribution in [3.8, 4) is 0 Å². The Kier molecular flexibility index (Phi) is 6.27. The van der Waals surface area contributed by atoms with Gasteiger partial charge in [0.05, 0.1) is 12.2 Å². The highest BCUT2D eigenvalue weighted by Crippen LogP contribution is 2.66. The van der Waals surface area contributed by atoms with Crippen molar-refractivity contribution in [1.82, 2.24) is 0 Å². The van der Waals surface area contributed by atoms with Crippen LogP contribution in [0.5, 0.6) is 0 Å². The van der Waals surface area contributed by atoms with E-state index in [0.29, 0.717) is 41.8 Å². The first-order valence-corrected chi connectivity index (χ1v) is 13.1. The number of allylic oxidation sites excluding steroid dienone is 1. The SMILES string of the molecule is CC(C)C(C)CC(O)C(C)C1CCC2C3C(=O)C=C4CC(O)CCC4(C)C3CCC12C. The number of carbonyl (C=O) groups is 1. The van der Waals surface area contributed by atoms with Crippen LogP contribution in [0.1, 0.15) is 92.9 Å². The summed E-state index contributed by atoms with van der Waals surface area (Å²) in [5, 5.41) is 21.3. The molecule has 0 aromatic carbocycles. The Balaban J connectivity index is 1.56. The smallest absolute Gasteiger partial charge is 0.159 e. The van der Waals surface area contributed by atoms with Crippen molar-refractivity contribution in [3.05, 3.63) is 11.6 Å². The van der Waals surface area contributed by atoms with E-state index in [1.807, 2.05) is 6.08 Å². The minimum atomic E-state index is -0.274. The lowest BCUT2D eigenvalue weighted by atomic mass is 9.46. The van der Waals surface area contributed by atoms with Gasteiger partial charge in [-0.05, 0) is 104 Å². The summed E-state index contributed by atoms with van der Waals surface area (Å²) in [7, 11) is 0. The van der Waals surface area contributed by atoms with Crippen LogP contribution in [-0.4, -0.2) is 28.2 Å². The third kappa shape index (κ3) is 3.76. The molecule has 10 unspecified atom stereocenters. The number of ketones is 1. The maximum Gasteiger partial charge on any atom is 0.159 e. The van der Waals surface area contributed by atoms with Crippen molar-refractivity contribution in [2.24, 2.45) is 52.3 Å². The number of hydrogen-bond donors (Lipinski definition) is 2. The van der Waals surface area contributed by atoms with Crippen molar-refractivity contribution >= 4 is 5.78 Å². The standard InChI is InChI=1S/C28H46O3/c1-16(2)17(3)13-24(30)18(4)21-7-8-22-26-23(10-12-28(21,22)6)27(5)11-9-20(29)14-19(27)15-25(26)31/h15-18,20-24,26,29-30H,7-14H2,1-6H3. The molecule has 3 heteroatoms. The molecular formula is C28H46O3. The predicted octanol–water partition coefficient (Wildman–Crippen LogP) is 5.78. The summed E-state index contributed by atoms with van der Waals surface area (Å²) >= 11 is 0. The molecule has 31 heavy (non-hydrogen) atoms. The fraction of sp³-hybridized carbons (Fsp3) is 0.893. The van der Waals surface area contributed by atoms with E-state index >= 15 is 0 Å². The van der Waals surface area contributed by atoms with Crippen molar-refractivity contribution in [2.75, 3.05) is 0 Å². The van der Waals surface area contributed by atoms with Crippen LogP contribution in [0, 0.1) is 52.3 Å². The monoisotopic (exact) mass is 430 g/mol. The second-order valence-electron chi connectivity index (χ2n) is 12.7. The highest BCUT2D eigenvalue weighted by Gasteiger charge is 2.61. The minimum Gasteiger partial charge on any atom is -0.393 e. The lowest BCUT2D eigenvalue weighted by Gasteiger charge is -2.57. The van der Waals surface area contributed by atoms with Crippen LogP contribution in [0.15, 0.2) is 11.6 Å². The number of hydrogen-bond acceptors (Lipinski definition) is 3. The summed E-state index contributed by atoms with van der Waals surface area (Å²) in [4.78, 5) is 13.4. The Morgan fingerprint density at radius 2 is 1.74 bits per heavy atom. The lowest BCUT2D eigenvalue weighted by Crippen LogP contribution is -2.54. The van der Waals surface area contributed by atoms with Gasteiger partial charge in [0.2, 0.25) is 0 Å². The molecule has 0 spiro atoms. The molecule has 4 rings (SSSR count). The van der Waals surface area contributed by atoms with Crippen LogP contribution in [-0.2, 0) is 4.79 Å². The van der Waals surface area contributed by atoms with Gasteiger partial charge in [-0.2, -0.15) is 0 Å². The molecule has 176 valence electrons. The van der Waals surface area contributed by atoms with Gasteiger partial charge in [-0.15, -0.1) is 0 Å². The fourth-order valence-electron chi connectivity index (χ4n) is 8.42. The zero-order chi connectivity index (χ0) is 22.7. The molecule has 0 heterocycles. The Morgan fingerprint density at radius 3 is 2.42 bits per heavy atom. The molecule has 0 saturated heterocycles. The van der Waals surface area contributed by atoms with Crippen LogP contribution < -0.4 is 0 Å². The number of aliphatic hydroxyl groups is 2. The molecule has 0 aliphatic heterocycles. The van der Waals surface area contributed by atoms with Gasteiger partial charge in [-0.3, -0.25) is 4.79 Å². The molecule has 0 bridgehead atoms. The lowest BCUT2D eigenvalue weighted by molar-refractivity contribution is -0.135.